The highest BCUT2D eigenvalue weighted by Gasteiger charge is 2.28. The van der Waals surface area contributed by atoms with Crippen LogP contribution in [0.25, 0.3) is 5.57 Å². The van der Waals surface area contributed by atoms with Gasteiger partial charge in [-0.1, -0.05) is 55.7 Å². The van der Waals surface area contributed by atoms with Gasteiger partial charge in [0.2, 0.25) is 5.88 Å². The molecule has 1 aliphatic rings. The van der Waals surface area contributed by atoms with E-state index in [-0.39, 0.29) is 12.6 Å². The van der Waals surface area contributed by atoms with Crippen LogP contribution in [0.1, 0.15) is 66.6 Å². The number of amides is 1. The van der Waals surface area contributed by atoms with Gasteiger partial charge in [-0.05, 0) is 30.9 Å². The first-order valence-corrected chi connectivity index (χ1v) is 10.5. The maximum absolute atomic E-state index is 13.3. The Morgan fingerprint density at radius 2 is 1.75 bits per heavy atom. The zero-order valence-corrected chi connectivity index (χ0v) is 18.0. The smallest absolute Gasteiger partial charge is 0.334 e. The average Bonchev–Trinajstić information content (AvgIpc) is 2.76. The highest BCUT2D eigenvalue weighted by atomic mass is 16.4. The molecule has 9 heteroatoms. The Morgan fingerprint density at radius 1 is 1.12 bits per heavy atom. The van der Waals surface area contributed by atoms with Crippen molar-refractivity contribution in [3.8, 4) is 5.88 Å². The molecule has 0 spiro atoms. The van der Waals surface area contributed by atoms with Crippen LogP contribution in [0.2, 0.25) is 0 Å². The number of hydrogen-bond donors (Lipinski definition) is 3. The Morgan fingerprint density at radius 3 is 2.31 bits per heavy atom. The topological polar surface area (TPSA) is 131 Å². The molecule has 1 amide bonds. The van der Waals surface area contributed by atoms with Crippen LogP contribution in [0.5, 0.6) is 5.88 Å². The predicted octanol–water partition coefficient (Wildman–Crippen LogP) is 2.12. The summed E-state index contributed by atoms with van der Waals surface area (Å²) < 4.78 is 2.03. The molecule has 9 nitrogen and oxygen atoms in total. The highest BCUT2D eigenvalue weighted by Crippen LogP contribution is 2.30. The third kappa shape index (κ3) is 4.82. The van der Waals surface area contributed by atoms with Crippen molar-refractivity contribution < 1.29 is 19.8 Å². The molecule has 3 N–H and O–H groups in total. The number of hydrogen-bond acceptors (Lipinski definition) is 5. The van der Waals surface area contributed by atoms with Crippen LogP contribution in [-0.2, 0) is 11.3 Å². The summed E-state index contributed by atoms with van der Waals surface area (Å²) in [7, 11) is 0. The SMILES string of the molecule is C=C(C)c1ccc(Cn2c(=O)c(C(=O)NCC(=O)O)c(O)n(C3CCCCC3)c2=O)cc1. The van der Waals surface area contributed by atoms with Crippen molar-refractivity contribution in [2.24, 2.45) is 0 Å². The van der Waals surface area contributed by atoms with E-state index in [2.05, 4.69) is 11.9 Å². The fourth-order valence-electron chi connectivity index (χ4n) is 3.99. The quantitative estimate of drug-likeness (QED) is 0.603. The first-order valence-electron chi connectivity index (χ1n) is 10.5. The Kier molecular flexibility index (Phi) is 6.97. The zero-order valence-electron chi connectivity index (χ0n) is 18.0. The second-order valence-corrected chi connectivity index (χ2v) is 8.09. The number of carboxylic acid groups (broad SMARTS) is 1. The molecule has 0 saturated heterocycles. The third-order valence-corrected chi connectivity index (χ3v) is 5.70. The Balaban J connectivity index is 2.12. The highest BCUT2D eigenvalue weighted by molar-refractivity contribution is 5.97. The molecule has 170 valence electrons. The summed E-state index contributed by atoms with van der Waals surface area (Å²) in [6.07, 6.45) is 3.99. The maximum atomic E-state index is 13.3. The standard InChI is InChI=1S/C23H27N3O6/c1-14(2)16-10-8-15(9-11-16)13-25-21(30)19(20(29)24-12-18(27)28)22(31)26(23(25)32)17-6-4-3-5-7-17/h8-11,17,31H,1,3-7,12-13H2,2H3,(H,24,29)(H,27,28). The number of carbonyl (C=O) groups excluding carboxylic acids is 1. The number of nitrogens with zero attached hydrogens (tertiary/aromatic N) is 2. The first kappa shape index (κ1) is 23.1. The van der Waals surface area contributed by atoms with Gasteiger partial charge in [0, 0.05) is 6.04 Å². The zero-order chi connectivity index (χ0) is 23.4. The van der Waals surface area contributed by atoms with E-state index in [1.807, 2.05) is 19.1 Å². The number of rotatable bonds is 7. The Hall–Kier alpha value is -3.62. The lowest BCUT2D eigenvalue weighted by Gasteiger charge is -2.26. The largest absolute Gasteiger partial charge is 0.494 e. The van der Waals surface area contributed by atoms with Crippen LogP contribution in [0.15, 0.2) is 40.4 Å². The number of benzene rings is 1. The Labute approximate surface area is 184 Å². The van der Waals surface area contributed by atoms with Crippen LogP contribution < -0.4 is 16.6 Å². The van der Waals surface area contributed by atoms with Gasteiger partial charge in [-0.15, -0.1) is 0 Å². The van der Waals surface area contributed by atoms with Gasteiger partial charge in [0.05, 0.1) is 6.54 Å². The van der Waals surface area contributed by atoms with Gasteiger partial charge in [-0.2, -0.15) is 0 Å². The predicted molar refractivity (Wildman–Crippen MR) is 119 cm³/mol. The molecule has 0 unspecified atom stereocenters. The summed E-state index contributed by atoms with van der Waals surface area (Å²) in [5, 5.41) is 21.7. The van der Waals surface area contributed by atoms with E-state index in [0.717, 1.165) is 39.5 Å². The van der Waals surface area contributed by atoms with E-state index >= 15 is 0 Å². The van der Waals surface area contributed by atoms with Gasteiger partial charge in [0.25, 0.3) is 11.5 Å². The van der Waals surface area contributed by atoms with Crippen molar-refractivity contribution in [1.82, 2.24) is 14.5 Å². The van der Waals surface area contributed by atoms with Crippen molar-refractivity contribution in [2.75, 3.05) is 6.54 Å². The molecule has 0 aliphatic heterocycles. The molecular weight excluding hydrogens is 414 g/mol. The monoisotopic (exact) mass is 441 g/mol. The van der Waals surface area contributed by atoms with Crippen molar-refractivity contribution in [3.05, 3.63) is 68.4 Å². The minimum absolute atomic E-state index is 0.0969. The lowest BCUT2D eigenvalue weighted by atomic mass is 9.95. The van der Waals surface area contributed by atoms with Crippen molar-refractivity contribution in [2.45, 2.75) is 51.6 Å². The normalized spacial score (nSPS) is 14.2. The number of allylic oxidation sites excluding steroid dienone is 1. The molecule has 1 heterocycles. The van der Waals surface area contributed by atoms with E-state index in [1.165, 1.54) is 0 Å². The van der Waals surface area contributed by atoms with Crippen LogP contribution in [0.3, 0.4) is 0 Å². The second kappa shape index (κ2) is 9.67. The van der Waals surface area contributed by atoms with Crippen molar-refractivity contribution in [1.29, 1.82) is 0 Å². The molecule has 2 aromatic rings. The first-order chi connectivity index (χ1) is 15.2. The minimum atomic E-state index is -1.30. The molecule has 1 aromatic carbocycles. The summed E-state index contributed by atoms with van der Waals surface area (Å²) in [5.74, 6) is -3.05. The molecular formula is C23H27N3O6. The average molecular weight is 441 g/mol. The fourth-order valence-corrected chi connectivity index (χ4v) is 3.99. The van der Waals surface area contributed by atoms with E-state index in [1.54, 1.807) is 12.1 Å². The van der Waals surface area contributed by atoms with Crippen molar-refractivity contribution >= 4 is 17.4 Å². The lowest BCUT2D eigenvalue weighted by molar-refractivity contribution is -0.135. The van der Waals surface area contributed by atoms with E-state index in [4.69, 9.17) is 5.11 Å². The lowest BCUT2D eigenvalue weighted by Crippen LogP contribution is -2.46. The summed E-state index contributed by atoms with van der Waals surface area (Å²) in [5.41, 5.74) is 0.155. The molecule has 1 fully saturated rings. The second-order valence-electron chi connectivity index (χ2n) is 8.09. The molecule has 0 radical (unpaired) electrons. The van der Waals surface area contributed by atoms with Crippen molar-refractivity contribution in [3.63, 3.8) is 0 Å². The third-order valence-electron chi connectivity index (χ3n) is 5.70. The summed E-state index contributed by atoms with van der Waals surface area (Å²) in [4.78, 5) is 49.8. The number of nitrogens with one attached hydrogen (secondary N) is 1. The van der Waals surface area contributed by atoms with E-state index in [0.29, 0.717) is 18.4 Å². The van der Waals surface area contributed by atoms with Gasteiger partial charge in [0.1, 0.15) is 6.54 Å². The summed E-state index contributed by atoms with van der Waals surface area (Å²) in [6.45, 7) is 4.93. The molecule has 1 aliphatic carbocycles. The van der Waals surface area contributed by atoms with E-state index < -0.39 is 41.1 Å². The van der Waals surface area contributed by atoms with Crippen LogP contribution in [0, 0.1) is 0 Å². The van der Waals surface area contributed by atoms with Gasteiger partial charge < -0.3 is 15.5 Å². The molecule has 32 heavy (non-hydrogen) atoms. The fraction of sp³-hybridized carbons (Fsp3) is 0.391. The van der Waals surface area contributed by atoms with Crippen LogP contribution >= 0.6 is 0 Å². The number of aromatic nitrogens is 2. The van der Waals surface area contributed by atoms with Crippen LogP contribution in [0.4, 0.5) is 0 Å². The molecule has 1 aromatic heterocycles. The maximum Gasteiger partial charge on any atom is 0.334 e. The molecule has 1 saturated carbocycles. The van der Waals surface area contributed by atoms with Crippen LogP contribution in [-0.4, -0.2) is 37.8 Å². The number of carboxylic acids is 1. The number of aliphatic carboxylic acids is 1. The Bertz CT molecular complexity index is 1150. The van der Waals surface area contributed by atoms with Gasteiger partial charge >= 0.3 is 11.7 Å². The van der Waals surface area contributed by atoms with Gasteiger partial charge in [-0.3, -0.25) is 23.5 Å². The number of carbonyl (C=O) groups is 2. The molecule has 0 bridgehead atoms. The summed E-state index contributed by atoms with van der Waals surface area (Å²) in [6, 6.07) is 6.82. The summed E-state index contributed by atoms with van der Waals surface area (Å²) >= 11 is 0. The van der Waals surface area contributed by atoms with E-state index in [9.17, 15) is 24.3 Å². The van der Waals surface area contributed by atoms with Gasteiger partial charge in [0.15, 0.2) is 5.56 Å². The minimum Gasteiger partial charge on any atom is -0.494 e. The van der Waals surface area contributed by atoms with Gasteiger partial charge in [-0.25, -0.2) is 4.79 Å². The molecule has 3 rings (SSSR count). The number of aromatic hydroxyl groups is 1. The molecule has 0 atom stereocenters.